The average molecular weight is 348 g/mol. The Hall–Kier alpha value is -1.30. The molecular weight excluding hydrogens is 336 g/mol. The summed E-state index contributed by atoms with van der Waals surface area (Å²) < 4.78 is 38.4. The summed E-state index contributed by atoms with van der Waals surface area (Å²) in [5, 5.41) is 0.708. The Kier molecular flexibility index (Phi) is 4.76. The highest BCUT2D eigenvalue weighted by atomic mass is 35.5. The standard InChI is InChI=1S/C14H12Cl2FNO2S/c1-21(19,20)18(11-5-2-4-10(17)8-11)9-12-13(15)6-3-7-14(12)16/h2-8H,9H2,1H3. The number of nitrogens with zero attached hydrogens (tertiary/aromatic N) is 1. The van der Waals surface area contributed by atoms with Gasteiger partial charge in [-0.05, 0) is 30.3 Å². The van der Waals surface area contributed by atoms with Gasteiger partial charge in [0.15, 0.2) is 0 Å². The first kappa shape index (κ1) is 16.1. The SMILES string of the molecule is CS(=O)(=O)N(Cc1c(Cl)cccc1Cl)c1cccc(F)c1. The fourth-order valence-electron chi connectivity index (χ4n) is 1.86. The lowest BCUT2D eigenvalue weighted by atomic mass is 10.2. The van der Waals surface area contributed by atoms with Gasteiger partial charge in [0.2, 0.25) is 10.0 Å². The monoisotopic (exact) mass is 347 g/mol. The Morgan fingerprint density at radius 1 is 1.10 bits per heavy atom. The molecule has 0 atom stereocenters. The zero-order chi connectivity index (χ0) is 15.6. The maximum Gasteiger partial charge on any atom is 0.232 e. The third kappa shape index (κ3) is 3.87. The highest BCUT2D eigenvalue weighted by Gasteiger charge is 2.20. The van der Waals surface area contributed by atoms with Crippen molar-refractivity contribution in [2.24, 2.45) is 0 Å². The van der Waals surface area contributed by atoms with Crippen molar-refractivity contribution < 1.29 is 12.8 Å². The molecule has 0 bridgehead atoms. The van der Waals surface area contributed by atoms with Crippen LogP contribution in [0.2, 0.25) is 10.0 Å². The molecule has 0 radical (unpaired) electrons. The Morgan fingerprint density at radius 3 is 2.19 bits per heavy atom. The number of rotatable bonds is 4. The first-order chi connectivity index (χ1) is 9.79. The van der Waals surface area contributed by atoms with Crippen LogP contribution in [0.4, 0.5) is 10.1 Å². The quantitative estimate of drug-likeness (QED) is 0.834. The van der Waals surface area contributed by atoms with Gasteiger partial charge in [0.1, 0.15) is 5.82 Å². The topological polar surface area (TPSA) is 37.4 Å². The molecule has 0 spiro atoms. The van der Waals surface area contributed by atoms with Crippen LogP contribution in [-0.4, -0.2) is 14.7 Å². The molecule has 2 aromatic carbocycles. The second kappa shape index (κ2) is 6.22. The maximum atomic E-state index is 13.3. The first-order valence-corrected chi connectivity index (χ1v) is 8.55. The van der Waals surface area contributed by atoms with Crippen LogP contribution >= 0.6 is 23.2 Å². The molecule has 0 fully saturated rings. The van der Waals surface area contributed by atoms with Gasteiger partial charge in [0.05, 0.1) is 18.5 Å². The molecule has 0 amide bonds. The van der Waals surface area contributed by atoms with E-state index in [1.165, 1.54) is 18.2 Å². The molecule has 0 heterocycles. The predicted molar refractivity (Wildman–Crippen MR) is 83.9 cm³/mol. The van der Waals surface area contributed by atoms with Gasteiger partial charge in [-0.25, -0.2) is 12.8 Å². The van der Waals surface area contributed by atoms with Gasteiger partial charge in [0.25, 0.3) is 0 Å². The Bertz CT molecular complexity index is 745. The molecule has 7 heteroatoms. The fourth-order valence-corrected chi connectivity index (χ4v) is 3.24. The number of hydrogen-bond donors (Lipinski definition) is 0. The second-order valence-corrected chi connectivity index (χ2v) is 7.17. The van der Waals surface area contributed by atoms with Crippen LogP contribution in [0.3, 0.4) is 0 Å². The molecule has 0 aliphatic rings. The van der Waals surface area contributed by atoms with Crippen molar-refractivity contribution in [1.29, 1.82) is 0 Å². The van der Waals surface area contributed by atoms with E-state index in [2.05, 4.69) is 0 Å². The molecule has 0 aliphatic heterocycles. The fraction of sp³-hybridized carbons (Fsp3) is 0.143. The van der Waals surface area contributed by atoms with Crippen LogP contribution in [0.15, 0.2) is 42.5 Å². The van der Waals surface area contributed by atoms with E-state index in [1.807, 2.05) is 0 Å². The van der Waals surface area contributed by atoms with E-state index in [4.69, 9.17) is 23.2 Å². The molecule has 0 aliphatic carbocycles. The largest absolute Gasteiger partial charge is 0.266 e. The molecule has 0 saturated carbocycles. The maximum absolute atomic E-state index is 13.3. The molecule has 0 N–H and O–H groups in total. The van der Waals surface area contributed by atoms with Crippen LogP contribution in [0.25, 0.3) is 0 Å². The normalized spacial score (nSPS) is 11.4. The second-order valence-electron chi connectivity index (χ2n) is 4.45. The summed E-state index contributed by atoms with van der Waals surface area (Å²) in [7, 11) is -3.62. The smallest absolute Gasteiger partial charge is 0.232 e. The number of halogens is 3. The van der Waals surface area contributed by atoms with E-state index < -0.39 is 15.8 Å². The third-order valence-electron chi connectivity index (χ3n) is 2.86. The summed E-state index contributed by atoms with van der Waals surface area (Å²) in [6.07, 6.45) is 1.04. The molecule has 0 unspecified atom stereocenters. The highest BCUT2D eigenvalue weighted by molar-refractivity contribution is 7.92. The van der Waals surface area contributed by atoms with E-state index in [-0.39, 0.29) is 12.2 Å². The van der Waals surface area contributed by atoms with Crippen LogP contribution in [0.1, 0.15) is 5.56 Å². The first-order valence-electron chi connectivity index (χ1n) is 5.95. The highest BCUT2D eigenvalue weighted by Crippen LogP contribution is 2.29. The third-order valence-corrected chi connectivity index (χ3v) is 4.71. The van der Waals surface area contributed by atoms with Crippen molar-refractivity contribution >= 4 is 38.9 Å². The van der Waals surface area contributed by atoms with Crippen LogP contribution in [0.5, 0.6) is 0 Å². The van der Waals surface area contributed by atoms with Gasteiger partial charge in [0, 0.05) is 15.6 Å². The minimum absolute atomic E-state index is 0.0687. The van der Waals surface area contributed by atoms with E-state index in [0.29, 0.717) is 15.6 Å². The molecule has 0 aromatic heterocycles. The molecule has 21 heavy (non-hydrogen) atoms. The lowest BCUT2D eigenvalue weighted by Crippen LogP contribution is -2.29. The average Bonchev–Trinajstić information content (AvgIpc) is 2.36. The molecular formula is C14H12Cl2FNO2S. The number of anilines is 1. The summed E-state index contributed by atoms with van der Waals surface area (Å²) in [6.45, 7) is -0.0687. The summed E-state index contributed by atoms with van der Waals surface area (Å²) in [6, 6.07) is 10.2. The molecule has 2 rings (SSSR count). The zero-order valence-corrected chi connectivity index (χ0v) is 13.4. The Labute approximate surface area is 133 Å². The van der Waals surface area contributed by atoms with Crippen molar-refractivity contribution in [2.75, 3.05) is 10.6 Å². The van der Waals surface area contributed by atoms with Crippen molar-refractivity contribution in [3.8, 4) is 0 Å². The van der Waals surface area contributed by atoms with E-state index in [1.54, 1.807) is 18.2 Å². The summed E-state index contributed by atoms with van der Waals surface area (Å²) in [4.78, 5) is 0. The van der Waals surface area contributed by atoms with E-state index in [9.17, 15) is 12.8 Å². The van der Waals surface area contributed by atoms with Crippen molar-refractivity contribution in [3.63, 3.8) is 0 Å². The van der Waals surface area contributed by atoms with Crippen molar-refractivity contribution in [1.82, 2.24) is 0 Å². The number of benzene rings is 2. The van der Waals surface area contributed by atoms with Gasteiger partial charge in [-0.2, -0.15) is 0 Å². The lowest BCUT2D eigenvalue weighted by Gasteiger charge is -2.23. The summed E-state index contributed by atoms with van der Waals surface area (Å²) in [5.41, 5.74) is 0.684. The Morgan fingerprint density at radius 2 is 1.67 bits per heavy atom. The van der Waals surface area contributed by atoms with Gasteiger partial charge in [-0.1, -0.05) is 35.3 Å². The van der Waals surface area contributed by atoms with E-state index >= 15 is 0 Å². The van der Waals surface area contributed by atoms with Crippen molar-refractivity contribution in [2.45, 2.75) is 6.54 Å². The molecule has 0 saturated heterocycles. The van der Waals surface area contributed by atoms with E-state index in [0.717, 1.165) is 16.6 Å². The number of sulfonamides is 1. The molecule has 112 valence electrons. The minimum Gasteiger partial charge on any atom is -0.266 e. The summed E-state index contributed by atoms with van der Waals surface area (Å²) >= 11 is 12.1. The van der Waals surface area contributed by atoms with Gasteiger partial charge in [-0.3, -0.25) is 4.31 Å². The van der Waals surface area contributed by atoms with Gasteiger partial charge >= 0.3 is 0 Å². The summed E-state index contributed by atoms with van der Waals surface area (Å²) in [5.74, 6) is -0.522. The lowest BCUT2D eigenvalue weighted by molar-refractivity contribution is 0.595. The Balaban J connectivity index is 2.49. The molecule has 3 nitrogen and oxygen atoms in total. The van der Waals surface area contributed by atoms with Crippen LogP contribution in [-0.2, 0) is 16.6 Å². The molecule has 2 aromatic rings. The van der Waals surface area contributed by atoms with Crippen LogP contribution < -0.4 is 4.31 Å². The van der Waals surface area contributed by atoms with Crippen molar-refractivity contribution in [3.05, 3.63) is 63.9 Å². The van der Waals surface area contributed by atoms with Gasteiger partial charge < -0.3 is 0 Å². The predicted octanol–water partition coefficient (Wildman–Crippen LogP) is 4.10. The van der Waals surface area contributed by atoms with Gasteiger partial charge in [-0.15, -0.1) is 0 Å². The minimum atomic E-state index is -3.62. The van der Waals surface area contributed by atoms with Crippen LogP contribution in [0, 0.1) is 5.82 Å². The zero-order valence-electron chi connectivity index (χ0n) is 11.1. The number of hydrogen-bond acceptors (Lipinski definition) is 2.